The molecule has 0 aliphatic heterocycles. The summed E-state index contributed by atoms with van der Waals surface area (Å²) in [4.78, 5) is 11.9. The van der Waals surface area contributed by atoms with E-state index in [1.807, 2.05) is 36.4 Å². The number of amides is 2. The van der Waals surface area contributed by atoms with Crippen molar-refractivity contribution in [3.63, 3.8) is 0 Å². The summed E-state index contributed by atoms with van der Waals surface area (Å²) in [5.74, 6) is 0.516. The molecule has 0 radical (unpaired) electrons. The summed E-state index contributed by atoms with van der Waals surface area (Å²) in [5.41, 5.74) is 9.72. The number of carbonyl (C=O) groups excluding carboxylic acids is 1. The van der Waals surface area contributed by atoms with Gasteiger partial charge in [0.25, 0.3) is 0 Å². The van der Waals surface area contributed by atoms with E-state index >= 15 is 0 Å². The molecule has 0 fully saturated rings. The number of carbonyl (C=O) groups is 1. The summed E-state index contributed by atoms with van der Waals surface area (Å²) in [6, 6.07) is 15.6. The van der Waals surface area contributed by atoms with E-state index in [2.05, 4.69) is 36.6 Å². The fourth-order valence-corrected chi connectivity index (χ4v) is 2.10. The Morgan fingerprint density at radius 3 is 2.14 bits per heavy atom. The maximum absolute atomic E-state index is 11.9. The van der Waals surface area contributed by atoms with Crippen LogP contribution in [0.15, 0.2) is 48.5 Å². The molecule has 4 N–H and O–H groups in total. The zero-order valence-corrected chi connectivity index (χ0v) is 13.1. The molecule has 0 aliphatic rings. The molecule has 0 aliphatic carbocycles. The van der Waals surface area contributed by atoms with E-state index in [-0.39, 0.29) is 6.03 Å². The van der Waals surface area contributed by atoms with E-state index in [4.69, 9.17) is 5.73 Å². The van der Waals surface area contributed by atoms with Crippen LogP contribution in [0.1, 0.15) is 36.5 Å². The molecule has 4 heteroatoms. The molecule has 2 aromatic rings. The van der Waals surface area contributed by atoms with Gasteiger partial charge in [0.1, 0.15) is 0 Å². The van der Waals surface area contributed by atoms with Crippen LogP contribution in [0.2, 0.25) is 0 Å². The standard InChI is InChI=1S/C18H23N3O/c1-13(2)16-7-3-15(4-8-16)12-20-18(22)21-17-9-5-14(11-19)6-10-17/h3-10,13H,11-12,19H2,1-2H3,(H2,20,21,22). The first-order chi connectivity index (χ1) is 10.6. The van der Waals surface area contributed by atoms with Gasteiger partial charge in [0.05, 0.1) is 0 Å². The highest BCUT2D eigenvalue weighted by Gasteiger charge is 2.03. The lowest BCUT2D eigenvalue weighted by Crippen LogP contribution is -2.28. The van der Waals surface area contributed by atoms with Crippen LogP contribution in [0, 0.1) is 0 Å². The summed E-state index contributed by atoms with van der Waals surface area (Å²) < 4.78 is 0. The highest BCUT2D eigenvalue weighted by atomic mass is 16.2. The highest BCUT2D eigenvalue weighted by Crippen LogP contribution is 2.14. The SMILES string of the molecule is CC(C)c1ccc(CNC(=O)Nc2ccc(CN)cc2)cc1. The van der Waals surface area contributed by atoms with Crippen molar-refractivity contribution in [3.05, 3.63) is 65.2 Å². The van der Waals surface area contributed by atoms with Crippen LogP contribution in [-0.4, -0.2) is 6.03 Å². The summed E-state index contributed by atoms with van der Waals surface area (Å²) in [7, 11) is 0. The monoisotopic (exact) mass is 297 g/mol. The Morgan fingerprint density at radius 2 is 1.59 bits per heavy atom. The Morgan fingerprint density at radius 1 is 1.00 bits per heavy atom. The third-order valence-corrected chi connectivity index (χ3v) is 3.55. The maximum Gasteiger partial charge on any atom is 0.319 e. The Balaban J connectivity index is 1.84. The van der Waals surface area contributed by atoms with Crippen LogP contribution in [0.25, 0.3) is 0 Å². The molecule has 0 spiro atoms. The third kappa shape index (κ3) is 4.60. The Kier molecular flexibility index (Phi) is 5.55. The summed E-state index contributed by atoms with van der Waals surface area (Å²) in [5, 5.41) is 5.65. The smallest absolute Gasteiger partial charge is 0.319 e. The van der Waals surface area contributed by atoms with Gasteiger partial charge in [-0.2, -0.15) is 0 Å². The van der Waals surface area contributed by atoms with Gasteiger partial charge in [-0.1, -0.05) is 50.2 Å². The first-order valence-electron chi connectivity index (χ1n) is 7.51. The van der Waals surface area contributed by atoms with Crippen molar-refractivity contribution < 1.29 is 4.79 Å². The molecule has 2 rings (SSSR count). The molecule has 116 valence electrons. The highest BCUT2D eigenvalue weighted by molar-refractivity contribution is 5.89. The van der Waals surface area contributed by atoms with Crippen LogP contribution in [0.4, 0.5) is 10.5 Å². The van der Waals surface area contributed by atoms with Gasteiger partial charge in [-0.15, -0.1) is 0 Å². The van der Waals surface area contributed by atoms with Gasteiger partial charge in [0.15, 0.2) is 0 Å². The molecule has 2 aromatic carbocycles. The van der Waals surface area contributed by atoms with E-state index in [1.54, 1.807) is 0 Å². The number of nitrogens with one attached hydrogen (secondary N) is 2. The van der Waals surface area contributed by atoms with Crippen molar-refractivity contribution in [1.82, 2.24) is 5.32 Å². The molecule has 0 bridgehead atoms. The zero-order chi connectivity index (χ0) is 15.9. The van der Waals surface area contributed by atoms with Crippen LogP contribution < -0.4 is 16.4 Å². The minimum absolute atomic E-state index is 0.214. The number of hydrogen-bond acceptors (Lipinski definition) is 2. The molecule has 0 aromatic heterocycles. The number of nitrogens with two attached hydrogens (primary N) is 1. The first-order valence-corrected chi connectivity index (χ1v) is 7.51. The largest absolute Gasteiger partial charge is 0.334 e. The molecule has 0 atom stereocenters. The van der Waals surface area contributed by atoms with Gasteiger partial charge < -0.3 is 16.4 Å². The van der Waals surface area contributed by atoms with Crippen molar-refractivity contribution in [1.29, 1.82) is 0 Å². The number of rotatable bonds is 5. The quantitative estimate of drug-likeness (QED) is 0.789. The van der Waals surface area contributed by atoms with Crippen molar-refractivity contribution in [2.75, 3.05) is 5.32 Å². The molecule has 0 saturated carbocycles. The van der Waals surface area contributed by atoms with Crippen molar-refractivity contribution in [2.45, 2.75) is 32.9 Å². The first kappa shape index (κ1) is 16.0. The van der Waals surface area contributed by atoms with Gasteiger partial charge in [-0.25, -0.2) is 4.79 Å². The van der Waals surface area contributed by atoms with Gasteiger partial charge in [0.2, 0.25) is 0 Å². The third-order valence-electron chi connectivity index (χ3n) is 3.55. The fraction of sp³-hybridized carbons (Fsp3) is 0.278. The van der Waals surface area contributed by atoms with Gasteiger partial charge in [-0.05, 0) is 34.7 Å². The second-order valence-corrected chi connectivity index (χ2v) is 5.61. The van der Waals surface area contributed by atoms with E-state index in [0.29, 0.717) is 19.0 Å². The normalized spacial score (nSPS) is 10.5. The molecular weight excluding hydrogens is 274 g/mol. The van der Waals surface area contributed by atoms with Gasteiger partial charge >= 0.3 is 6.03 Å². The average molecular weight is 297 g/mol. The van der Waals surface area contributed by atoms with E-state index in [1.165, 1.54) is 5.56 Å². The number of anilines is 1. The topological polar surface area (TPSA) is 67.2 Å². The molecule has 22 heavy (non-hydrogen) atoms. The predicted octanol–water partition coefficient (Wildman–Crippen LogP) is 3.59. The number of urea groups is 1. The average Bonchev–Trinajstić information content (AvgIpc) is 2.54. The molecule has 0 heterocycles. The lowest BCUT2D eigenvalue weighted by atomic mass is 10.0. The lowest BCUT2D eigenvalue weighted by Gasteiger charge is -2.10. The summed E-state index contributed by atoms with van der Waals surface area (Å²) in [6.45, 7) is 5.33. The number of benzene rings is 2. The minimum atomic E-state index is -0.214. The van der Waals surface area contributed by atoms with E-state index in [0.717, 1.165) is 16.8 Å². The Hall–Kier alpha value is -2.33. The van der Waals surface area contributed by atoms with E-state index < -0.39 is 0 Å². The summed E-state index contributed by atoms with van der Waals surface area (Å²) >= 11 is 0. The maximum atomic E-state index is 11.9. The molecule has 0 saturated heterocycles. The fourth-order valence-electron chi connectivity index (χ4n) is 2.10. The second-order valence-electron chi connectivity index (χ2n) is 5.61. The Bertz CT molecular complexity index is 603. The van der Waals surface area contributed by atoms with Crippen molar-refractivity contribution in [2.24, 2.45) is 5.73 Å². The second kappa shape index (κ2) is 7.61. The van der Waals surface area contributed by atoms with Crippen LogP contribution in [-0.2, 0) is 13.1 Å². The van der Waals surface area contributed by atoms with Crippen LogP contribution in [0.3, 0.4) is 0 Å². The Labute approximate surface area is 131 Å². The van der Waals surface area contributed by atoms with Crippen LogP contribution >= 0.6 is 0 Å². The summed E-state index contributed by atoms with van der Waals surface area (Å²) in [6.07, 6.45) is 0. The predicted molar refractivity (Wildman–Crippen MR) is 90.7 cm³/mol. The van der Waals surface area contributed by atoms with Crippen molar-refractivity contribution in [3.8, 4) is 0 Å². The lowest BCUT2D eigenvalue weighted by molar-refractivity contribution is 0.251. The molecule has 2 amide bonds. The number of hydrogen-bond donors (Lipinski definition) is 3. The molecule has 0 unspecified atom stereocenters. The molecular formula is C18H23N3O. The molecule has 4 nitrogen and oxygen atoms in total. The van der Waals surface area contributed by atoms with Crippen molar-refractivity contribution >= 4 is 11.7 Å². The van der Waals surface area contributed by atoms with E-state index in [9.17, 15) is 4.79 Å². The van der Waals surface area contributed by atoms with Gasteiger partial charge in [0, 0.05) is 18.8 Å². The van der Waals surface area contributed by atoms with Crippen LogP contribution in [0.5, 0.6) is 0 Å². The van der Waals surface area contributed by atoms with Gasteiger partial charge in [-0.3, -0.25) is 0 Å². The minimum Gasteiger partial charge on any atom is -0.334 e. The zero-order valence-electron chi connectivity index (χ0n) is 13.1.